The van der Waals surface area contributed by atoms with E-state index in [0.717, 1.165) is 12.1 Å². The highest BCUT2D eigenvalue weighted by molar-refractivity contribution is 6.29. The lowest BCUT2D eigenvalue weighted by Gasteiger charge is -2.10. The summed E-state index contributed by atoms with van der Waals surface area (Å²) in [6.07, 6.45) is -4.36. The van der Waals surface area contributed by atoms with Gasteiger partial charge in [0.2, 0.25) is 0 Å². The number of pyridine rings is 1. The minimum atomic E-state index is -4.36. The fourth-order valence-corrected chi connectivity index (χ4v) is 1.86. The van der Waals surface area contributed by atoms with E-state index >= 15 is 0 Å². The van der Waals surface area contributed by atoms with Crippen molar-refractivity contribution in [2.24, 2.45) is 0 Å². The van der Waals surface area contributed by atoms with Crippen LogP contribution in [0, 0.1) is 0 Å². The van der Waals surface area contributed by atoms with Gasteiger partial charge in [-0.2, -0.15) is 13.2 Å². The molecule has 0 saturated heterocycles. The Morgan fingerprint density at radius 1 is 1.05 bits per heavy atom. The summed E-state index contributed by atoms with van der Waals surface area (Å²) in [5.41, 5.74) is 0.706. The minimum Gasteiger partial charge on any atom is -0.390 e. The molecule has 0 atom stereocenters. The summed E-state index contributed by atoms with van der Waals surface area (Å²) >= 11 is 5.70. The highest BCUT2D eigenvalue weighted by atomic mass is 35.5. The third-order valence-corrected chi connectivity index (χ3v) is 2.82. The zero-order valence-corrected chi connectivity index (χ0v) is 10.3. The number of nitrogens with zero attached hydrogens (tertiary/aromatic N) is 1. The van der Waals surface area contributed by atoms with E-state index in [1.165, 1.54) is 18.2 Å². The summed E-state index contributed by atoms with van der Waals surface area (Å²) in [4.78, 5) is 3.93. The summed E-state index contributed by atoms with van der Waals surface area (Å²) in [6.45, 7) is -0.336. The van der Waals surface area contributed by atoms with Gasteiger partial charge in [0.25, 0.3) is 0 Å². The molecule has 1 aromatic heterocycles. The molecule has 2 aromatic rings. The maximum atomic E-state index is 12.5. The van der Waals surface area contributed by atoms with Crippen molar-refractivity contribution in [2.45, 2.75) is 12.8 Å². The second-order valence-electron chi connectivity index (χ2n) is 3.86. The highest BCUT2D eigenvalue weighted by Crippen LogP contribution is 2.31. The first kappa shape index (κ1) is 13.8. The van der Waals surface area contributed by atoms with Gasteiger partial charge in [-0.3, -0.25) is 0 Å². The van der Waals surface area contributed by atoms with Crippen LogP contribution in [0.3, 0.4) is 0 Å². The number of rotatable bonds is 2. The predicted molar refractivity (Wildman–Crippen MR) is 65.6 cm³/mol. The molecule has 0 saturated carbocycles. The van der Waals surface area contributed by atoms with E-state index in [-0.39, 0.29) is 11.8 Å². The van der Waals surface area contributed by atoms with Gasteiger partial charge in [-0.05, 0) is 29.8 Å². The van der Waals surface area contributed by atoms with Crippen molar-refractivity contribution in [3.8, 4) is 11.1 Å². The second-order valence-corrected chi connectivity index (χ2v) is 4.25. The molecule has 19 heavy (non-hydrogen) atoms. The Morgan fingerprint density at radius 3 is 2.21 bits per heavy atom. The summed E-state index contributed by atoms with van der Waals surface area (Å²) in [5.74, 6) is 0. The van der Waals surface area contributed by atoms with Crippen molar-refractivity contribution in [3.05, 3.63) is 52.8 Å². The van der Waals surface area contributed by atoms with E-state index in [2.05, 4.69) is 4.98 Å². The molecule has 0 amide bonds. The Kier molecular flexibility index (Phi) is 3.78. The first-order valence-corrected chi connectivity index (χ1v) is 5.73. The Morgan fingerprint density at radius 2 is 1.68 bits per heavy atom. The van der Waals surface area contributed by atoms with Gasteiger partial charge in [-0.15, -0.1) is 0 Å². The van der Waals surface area contributed by atoms with E-state index < -0.39 is 11.7 Å². The third-order valence-electron chi connectivity index (χ3n) is 2.61. The Balaban J connectivity index is 2.43. The number of alkyl halides is 3. The van der Waals surface area contributed by atoms with Crippen LogP contribution in [0.4, 0.5) is 13.2 Å². The zero-order chi connectivity index (χ0) is 14.0. The lowest BCUT2D eigenvalue weighted by molar-refractivity contribution is -0.137. The predicted octanol–water partition coefficient (Wildman–Crippen LogP) is 3.91. The van der Waals surface area contributed by atoms with Crippen LogP contribution in [0.15, 0.2) is 36.4 Å². The average molecular weight is 288 g/mol. The number of aliphatic hydroxyl groups is 1. The van der Waals surface area contributed by atoms with Crippen LogP contribution in [0.25, 0.3) is 11.1 Å². The van der Waals surface area contributed by atoms with Crippen molar-refractivity contribution < 1.29 is 18.3 Å². The molecule has 0 spiro atoms. The summed E-state index contributed by atoms with van der Waals surface area (Å²) in [5, 5.41) is 9.41. The van der Waals surface area contributed by atoms with Gasteiger partial charge in [-0.1, -0.05) is 23.7 Å². The SMILES string of the molecule is OCc1nc(Cl)ccc1-c1ccc(C(F)(F)F)cc1. The number of hydrogen-bond donors (Lipinski definition) is 1. The fraction of sp³-hybridized carbons (Fsp3) is 0.154. The van der Waals surface area contributed by atoms with E-state index in [9.17, 15) is 18.3 Å². The van der Waals surface area contributed by atoms with Crippen LogP contribution in [-0.2, 0) is 12.8 Å². The number of aliphatic hydroxyl groups excluding tert-OH is 1. The van der Waals surface area contributed by atoms with E-state index in [1.807, 2.05) is 0 Å². The van der Waals surface area contributed by atoms with Crippen molar-refractivity contribution in [1.29, 1.82) is 0 Å². The van der Waals surface area contributed by atoms with Crippen LogP contribution in [0.1, 0.15) is 11.3 Å². The maximum absolute atomic E-state index is 12.5. The van der Waals surface area contributed by atoms with Crippen molar-refractivity contribution in [3.63, 3.8) is 0 Å². The Hall–Kier alpha value is -1.59. The van der Waals surface area contributed by atoms with Crippen molar-refractivity contribution in [2.75, 3.05) is 0 Å². The molecule has 1 heterocycles. The topological polar surface area (TPSA) is 33.1 Å². The van der Waals surface area contributed by atoms with E-state index in [4.69, 9.17) is 11.6 Å². The Bertz CT molecular complexity index is 581. The number of aromatic nitrogens is 1. The molecule has 0 radical (unpaired) electrons. The molecular formula is C13H9ClF3NO. The summed E-state index contributed by atoms with van der Waals surface area (Å²) in [6, 6.07) is 7.80. The van der Waals surface area contributed by atoms with Gasteiger partial charge < -0.3 is 5.11 Å². The van der Waals surface area contributed by atoms with E-state index in [1.54, 1.807) is 6.07 Å². The summed E-state index contributed by atoms with van der Waals surface area (Å²) in [7, 11) is 0. The van der Waals surface area contributed by atoms with Gasteiger partial charge in [0, 0.05) is 5.56 Å². The maximum Gasteiger partial charge on any atom is 0.416 e. The molecule has 0 bridgehead atoms. The molecule has 0 aliphatic rings. The molecule has 100 valence electrons. The van der Waals surface area contributed by atoms with Gasteiger partial charge in [0.15, 0.2) is 0 Å². The van der Waals surface area contributed by atoms with Crippen LogP contribution in [-0.4, -0.2) is 10.1 Å². The quantitative estimate of drug-likeness (QED) is 0.850. The Labute approximate surface area is 112 Å². The standard InChI is InChI=1S/C13H9ClF3NO/c14-12-6-5-10(11(7-19)18-12)8-1-3-9(4-2-8)13(15,16)17/h1-6,19H,7H2. The van der Waals surface area contributed by atoms with Crippen molar-refractivity contribution >= 4 is 11.6 Å². The van der Waals surface area contributed by atoms with E-state index in [0.29, 0.717) is 16.8 Å². The number of benzene rings is 1. The first-order chi connectivity index (χ1) is 8.91. The molecule has 0 fully saturated rings. The normalized spacial score (nSPS) is 11.6. The molecule has 2 nitrogen and oxygen atoms in total. The molecule has 0 aliphatic carbocycles. The van der Waals surface area contributed by atoms with Gasteiger partial charge in [0.05, 0.1) is 17.9 Å². The van der Waals surface area contributed by atoms with Gasteiger partial charge in [0.1, 0.15) is 5.15 Å². The van der Waals surface area contributed by atoms with Crippen molar-refractivity contribution in [1.82, 2.24) is 4.98 Å². The van der Waals surface area contributed by atoms with Crippen LogP contribution in [0.2, 0.25) is 5.15 Å². The number of hydrogen-bond acceptors (Lipinski definition) is 2. The molecule has 1 aromatic carbocycles. The largest absolute Gasteiger partial charge is 0.416 e. The molecule has 0 unspecified atom stereocenters. The third kappa shape index (κ3) is 3.05. The second kappa shape index (κ2) is 5.19. The zero-order valence-electron chi connectivity index (χ0n) is 9.58. The van der Waals surface area contributed by atoms with Gasteiger partial charge in [-0.25, -0.2) is 4.98 Å². The molecular weight excluding hydrogens is 279 g/mol. The smallest absolute Gasteiger partial charge is 0.390 e. The monoisotopic (exact) mass is 287 g/mol. The van der Waals surface area contributed by atoms with Crippen LogP contribution < -0.4 is 0 Å². The first-order valence-electron chi connectivity index (χ1n) is 5.35. The average Bonchev–Trinajstić information content (AvgIpc) is 2.37. The summed E-state index contributed by atoms with van der Waals surface area (Å²) < 4.78 is 37.4. The molecule has 2 rings (SSSR count). The highest BCUT2D eigenvalue weighted by Gasteiger charge is 2.30. The lowest BCUT2D eigenvalue weighted by atomic mass is 10.0. The van der Waals surface area contributed by atoms with Crippen LogP contribution >= 0.6 is 11.6 Å². The lowest BCUT2D eigenvalue weighted by Crippen LogP contribution is -2.04. The number of halogens is 4. The van der Waals surface area contributed by atoms with Gasteiger partial charge >= 0.3 is 6.18 Å². The molecule has 1 N–H and O–H groups in total. The fourth-order valence-electron chi connectivity index (χ4n) is 1.70. The minimum absolute atomic E-state index is 0.222. The molecule has 0 aliphatic heterocycles. The van der Waals surface area contributed by atoms with Crippen LogP contribution in [0.5, 0.6) is 0 Å². The molecule has 6 heteroatoms.